The number of carbonyl (C=O) groups is 1. The number of piperidine rings is 1. The Morgan fingerprint density at radius 3 is 2.54 bits per heavy atom. The number of carboxylic acid groups (broad SMARTS) is 1. The summed E-state index contributed by atoms with van der Waals surface area (Å²) in [5.41, 5.74) is 0.261. The van der Waals surface area contributed by atoms with Gasteiger partial charge in [-0.25, -0.2) is 9.78 Å². The maximum Gasteiger partial charge on any atom is 0.357 e. The molecule has 24 heavy (non-hydrogen) atoms. The Hall–Kier alpha value is -1.40. The zero-order valence-electron chi connectivity index (χ0n) is 14.7. The number of rotatable bonds is 6. The van der Waals surface area contributed by atoms with E-state index in [1.807, 2.05) is 0 Å². The molecule has 0 radical (unpaired) electrons. The van der Waals surface area contributed by atoms with E-state index in [2.05, 4.69) is 21.8 Å². The second-order valence-electron chi connectivity index (χ2n) is 7.44. The number of aromatic carboxylic acids is 1. The van der Waals surface area contributed by atoms with E-state index in [-0.39, 0.29) is 11.2 Å². The molecule has 0 unspecified atom stereocenters. The molecule has 6 nitrogen and oxygen atoms in total. The minimum Gasteiger partial charge on any atom is -0.476 e. The van der Waals surface area contributed by atoms with Crippen LogP contribution < -0.4 is 0 Å². The third-order valence-electron chi connectivity index (χ3n) is 5.55. The summed E-state index contributed by atoms with van der Waals surface area (Å²) >= 11 is 0. The Kier molecular flexibility index (Phi) is 5.56. The van der Waals surface area contributed by atoms with Gasteiger partial charge in [0.2, 0.25) is 5.89 Å². The predicted octanol–water partition coefficient (Wildman–Crippen LogP) is 2.99. The molecule has 0 aromatic carbocycles. The standard InChI is InChI=1S/C18H29N3O3/c1-20(12-16-19-15(13-24-16)17(22)23)14-18(8-4-2-5-9-18)21-10-6-3-7-11-21/h13H,2-12,14H2,1H3,(H,22,23). The van der Waals surface area contributed by atoms with Gasteiger partial charge in [-0.3, -0.25) is 9.80 Å². The van der Waals surface area contributed by atoms with Crippen molar-refractivity contribution in [2.24, 2.45) is 0 Å². The quantitative estimate of drug-likeness (QED) is 0.862. The third kappa shape index (κ3) is 3.98. The van der Waals surface area contributed by atoms with Gasteiger partial charge in [0, 0.05) is 12.1 Å². The molecular formula is C18H29N3O3. The molecule has 134 valence electrons. The van der Waals surface area contributed by atoms with Crippen molar-refractivity contribution in [3.63, 3.8) is 0 Å². The first-order valence-electron chi connectivity index (χ1n) is 9.20. The van der Waals surface area contributed by atoms with Crippen molar-refractivity contribution < 1.29 is 14.3 Å². The van der Waals surface area contributed by atoms with Crippen molar-refractivity contribution in [2.45, 2.75) is 63.5 Å². The van der Waals surface area contributed by atoms with Gasteiger partial charge in [-0.15, -0.1) is 0 Å². The van der Waals surface area contributed by atoms with Crippen molar-refractivity contribution in [3.8, 4) is 0 Å². The Morgan fingerprint density at radius 2 is 1.92 bits per heavy atom. The average Bonchev–Trinajstić information content (AvgIpc) is 3.05. The molecule has 1 saturated heterocycles. The van der Waals surface area contributed by atoms with E-state index in [0.29, 0.717) is 12.4 Å². The van der Waals surface area contributed by atoms with Crippen molar-refractivity contribution in [2.75, 3.05) is 26.7 Å². The third-order valence-corrected chi connectivity index (χ3v) is 5.55. The van der Waals surface area contributed by atoms with E-state index in [9.17, 15) is 4.79 Å². The normalized spacial score (nSPS) is 21.9. The average molecular weight is 335 g/mol. The highest BCUT2D eigenvalue weighted by Gasteiger charge is 2.39. The van der Waals surface area contributed by atoms with Gasteiger partial charge in [-0.1, -0.05) is 25.7 Å². The molecule has 1 aromatic heterocycles. The van der Waals surface area contributed by atoms with Gasteiger partial charge in [0.1, 0.15) is 6.26 Å². The van der Waals surface area contributed by atoms with Crippen molar-refractivity contribution in [3.05, 3.63) is 17.8 Å². The van der Waals surface area contributed by atoms with E-state index in [1.165, 1.54) is 70.7 Å². The van der Waals surface area contributed by atoms with Crippen LogP contribution in [-0.2, 0) is 6.54 Å². The van der Waals surface area contributed by atoms with Gasteiger partial charge in [0.15, 0.2) is 5.69 Å². The summed E-state index contributed by atoms with van der Waals surface area (Å²) in [6.45, 7) is 3.99. The van der Waals surface area contributed by atoms with Crippen LogP contribution in [0.1, 0.15) is 67.7 Å². The number of aromatic nitrogens is 1. The Morgan fingerprint density at radius 1 is 1.25 bits per heavy atom. The van der Waals surface area contributed by atoms with Crippen molar-refractivity contribution >= 4 is 5.97 Å². The molecule has 0 spiro atoms. The molecule has 1 aliphatic heterocycles. The summed E-state index contributed by atoms with van der Waals surface area (Å²) in [4.78, 5) is 20.0. The van der Waals surface area contributed by atoms with Crippen LogP contribution in [0.5, 0.6) is 0 Å². The number of nitrogens with zero attached hydrogens (tertiary/aromatic N) is 3. The second-order valence-corrected chi connectivity index (χ2v) is 7.44. The zero-order chi connectivity index (χ0) is 17.0. The van der Waals surface area contributed by atoms with Gasteiger partial charge in [-0.05, 0) is 45.8 Å². The summed E-state index contributed by atoms with van der Waals surface area (Å²) in [7, 11) is 2.09. The molecule has 6 heteroatoms. The summed E-state index contributed by atoms with van der Waals surface area (Å²) in [5, 5.41) is 8.96. The molecule has 2 aliphatic rings. The van der Waals surface area contributed by atoms with E-state index in [4.69, 9.17) is 9.52 Å². The predicted molar refractivity (Wildman–Crippen MR) is 91.0 cm³/mol. The molecule has 2 heterocycles. The number of oxazole rings is 1. The first kappa shape index (κ1) is 17.4. The fourth-order valence-corrected chi connectivity index (χ4v) is 4.42. The van der Waals surface area contributed by atoms with Crippen LogP contribution in [0.2, 0.25) is 0 Å². The van der Waals surface area contributed by atoms with Gasteiger partial charge >= 0.3 is 5.97 Å². The molecule has 1 N–H and O–H groups in total. The minimum absolute atomic E-state index is 0.0122. The summed E-state index contributed by atoms with van der Waals surface area (Å²) < 4.78 is 5.32. The fraction of sp³-hybridized carbons (Fsp3) is 0.778. The lowest BCUT2D eigenvalue weighted by molar-refractivity contribution is 0.00648. The summed E-state index contributed by atoms with van der Waals surface area (Å²) in [6, 6.07) is 0. The van der Waals surface area contributed by atoms with Crippen molar-refractivity contribution in [1.82, 2.24) is 14.8 Å². The molecule has 0 atom stereocenters. The van der Waals surface area contributed by atoms with Gasteiger partial charge in [-0.2, -0.15) is 0 Å². The molecule has 2 fully saturated rings. The zero-order valence-corrected chi connectivity index (χ0v) is 14.7. The number of hydrogen-bond acceptors (Lipinski definition) is 5. The monoisotopic (exact) mass is 335 g/mol. The van der Waals surface area contributed by atoms with Crippen LogP contribution in [0.3, 0.4) is 0 Å². The molecule has 1 saturated carbocycles. The second kappa shape index (κ2) is 7.66. The Balaban J connectivity index is 1.65. The lowest BCUT2D eigenvalue weighted by Crippen LogP contribution is -2.57. The van der Waals surface area contributed by atoms with Gasteiger partial charge in [0.25, 0.3) is 0 Å². The molecule has 1 aromatic rings. The topological polar surface area (TPSA) is 69.8 Å². The lowest BCUT2D eigenvalue weighted by atomic mass is 9.79. The number of likely N-dealkylation sites (tertiary alicyclic amines) is 1. The molecular weight excluding hydrogens is 306 g/mol. The van der Waals surface area contributed by atoms with Crippen molar-refractivity contribution in [1.29, 1.82) is 0 Å². The first-order valence-corrected chi connectivity index (χ1v) is 9.20. The maximum atomic E-state index is 10.9. The molecule has 0 amide bonds. The molecule has 0 bridgehead atoms. The summed E-state index contributed by atoms with van der Waals surface area (Å²) in [5.74, 6) is -0.552. The van der Waals surface area contributed by atoms with E-state index in [0.717, 1.165) is 6.54 Å². The van der Waals surface area contributed by atoms with Gasteiger partial charge < -0.3 is 9.52 Å². The smallest absolute Gasteiger partial charge is 0.357 e. The van der Waals surface area contributed by atoms with E-state index in [1.54, 1.807) is 0 Å². The SMILES string of the molecule is CN(Cc1nc(C(=O)O)co1)CC1(N2CCCCC2)CCCCC1. The highest BCUT2D eigenvalue weighted by Crippen LogP contribution is 2.36. The number of hydrogen-bond donors (Lipinski definition) is 1. The molecule has 3 rings (SSSR count). The highest BCUT2D eigenvalue weighted by atomic mass is 16.4. The largest absolute Gasteiger partial charge is 0.476 e. The Labute approximate surface area is 143 Å². The van der Waals surface area contributed by atoms with Crippen LogP contribution in [-0.4, -0.2) is 58.1 Å². The molecule has 1 aliphatic carbocycles. The first-order chi connectivity index (χ1) is 11.6. The van der Waals surface area contributed by atoms with Crippen LogP contribution in [0.15, 0.2) is 10.7 Å². The fourth-order valence-electron chi connectivity index (χ4n) is 4.42. The minimum atomic E-state index is -1.04. The maximum absolute atomic E-state index is 10.9. The van der Waals surface area contributed by atoms with Gasteiger partial charge in [0.05, 0.1) is 6.54 Å². The Bertz CT molecular complexity index is 545. The van der Waals surface area contributed by atoms with Crippen LogP contribution in [0, 0.1) is 0 Å². The van der Waals surface area contributed by atoms with E-state index >= 15 is 0 Å². The highest BCUT2D eigenvalue weighted by molar-refractivity contribution is 5.84. The van der Waals surface area contributed by atoms with Crippen LogP contribution in [0.4, 0.5) is 0 Å². The number of likely N-dealkylation sites (N-methyl/N-ethyl adjacent to an activating group) is 1. The van der Waals surface area contributed by atoms with Crippen LogP contribution >= 0.6 is 0 Å². The number of carboxylic acids is 1. The van der Waals surface area contributed by atoms with Crippen LogP contribution in [0.25, 0.3) is 0 Å². The lowest BCUT2D eigenvalue weighted by Gasteiger charge is -2.50. The van der Waals surface area contributed by atoms with E-state index < -0.39 is 5.97 Å². The summed E-state index contributed by atoms with van der Waals surface area (Å²) in [6.07, 6.45) is 11.7.